The Labute approximate surface area is 150 Å². The summed E-state index contributed by atoms with van der Waals surface area (Å²) in [6.45, 7) is 1.73. The van der Waals surface area contributed by atoms with Gasteiger partial charge in [0.2, 0.25) is 0 Å². The van der Waals surface area contributed by atoms with E-state index in [0.29, 0.717) is 5.41 Å². The van der Waals surface area contributed by atoms with Crippen LogP contribution in [0.1, 0.15) is 50.0 Å². The number of halogens is 1. The van der Waals surface area contributed by atoms with Gasteiger partial charge in [0.05, 0.1) is 0 Å². The molecule has 0 aromatic heterocycles. The molecule has 3 rings (SSSR count). The predicted molar refractivity (Wildman–Crippen MR) is 99.4 cm³/mol. The summed E-state index contributed by atoms with van der Waals surface area (Å²) in [5.41, 5.74) is 1.13. The number of ether oxygens (including phenoxy) is 1. The zero-order valence-corrected chi connectivity index (χ0v) is 15.4. The fraction of sp³-hybridized carbons (Fsp3) is 0.650. The molecule has 2 fully saturated rings. The van der Waals surface area contributed by atoms with Crippen molar-refractivity contribution in [1.82, 2.24) is 10.6 Å². The van der Waals surface area contributed by atoms with Gasteiger partial charge < -0.3 is 15.4 Å². The van der Waals surface area contributed by atoms with E-state index in [2.05, 4.69) is 15.6 Å². The highest BCUT2D eigenvalue weighted by molar-refractivity contribution is 5.80. The molecule has 1 aromatic rings. The molecule has 0 radical (unpaired) electrons. The smallest absolute Gasteiger partial charge is 0.191 e. The van der Waals surface area contributed by atoms with Crippen LogP contribution in [0.2, 0.25) is 0 Å². The zero-order chi connectivity index (χ0) is 17.7. The number of hydrogen-bond acceptors (Lipinski definition) is 2. The van der Waals surface area contributed by atoms with Crippen LogP contribution in [0.15, 0.2) is 29.3 Å². The minimum absolute atomic E-state index is 0.107. The number of methoxy groups -OCH3 is 1. The maximum atomic E-state index is 13.9. The lowest BCUT2D eigenvalue weighted by molar-refractivity contribution is 0.138. The average Bonchev–Trinajstić information content (AvgIpc) is 3.23. The van der Waals surface area contributed by atoms with Crippen molar-refractivity contribution in [2.45, 2.75) is 50.5 Å². The molecule has 1 aromatic carbocycles. The van der Waals surface area contributed by atoms with Crippen LogP contribution in [0.4, 0.5) is 4.39 Å². The van der Waals surface area contributed by atoms with Crippen molar-refractivity contribution in [2.24, 2.45) is 10.4 Å². The largest absolute Gasteiger partial charge is 0.385 e. The first-order chi connectivity index (χ1) is 12.2. The second kappa shape index (κ2) is 8.17. The molecule has 2 aliphatic rings. The quantitative estimate of drug-likeness (QED) is 0.587. The van der Waals surface area contributed by atoms with Crippen molar-refractivity contribution in [3.05, 3.63) is 35.6 Å². The van der Waals surface area contributed by atoms with Crippen LogP contribution in [0.5, 0.6) is 0 Å². The summed E-state index contributed by atoms with van der Waals surface area (Å²) in [6, 6.07) is 7.33. The molecule has 138 valence electrons. The lowest BCUT2D eigenvalue weighted by atomic mass is 9.83. The third-order valence-electron chi connectivity index (χ3n) is 5.77. The number of hydrogen-bond donors (Lipinski definition) is 2. The van der Waals surface area contributed by atoms with E-state index in [4.69, 9.17) is 4.74 Å². The summed E-state index contributed by atoms with van der Waals surface area (Å²) in [4.78, 5) is 4.36. The Balaban J connectivity index is 1.51. The molecule has 0 amide bonds. The Morgan fingerprint density at radius 3 is 2.76 bits per heavy atom. The van der Waals surface area contributed by atoms with Gasteiger partial charge in [-0.1, -0.05) is 31.0 Å². The highest BCUT2D eigenvalue weighted by Crippen LogP contribution is 2.42. The molecule has 0 spiro atoms. The summed E-state index contributed by atoms with van der Waals surface area (Å²) in [5.74, 6) is 0.963. The highest BCUT2D eigenvalue weighted by Gasteiger charge is 2.41. The summed E-state index contributed by atoms with van der Waals surface area (Å²) in [6.07, 6.45) is 7.15. The van der Waals surface area contributed by atoms with Gasteiger partial charge in [-0.25, -0.2) is 4.39 Å². The predicted octanol–water partition coefficient (Wildman–Crippen LogP) is 3.44. The fourth-order valence-corrected chi connectivity index (χ4v) is 4.07. The van der Waals surface area contributed by atoms with E-state index >= 15 is 0 Å². The van der Waals surface area contributed by atoms with Gasteiger partial charge in [-0.3, -0.25) is 4.99 Å². The summed E-state index contributed by atoms with van der Waals surface area (Å²) >= 11 is 0. The standard InChI is InChI=1S/C20H30FN3O/c1-22-19(23-14-20(11-12-25-2)9-5-6-10-20)24-18-13-16(18)15-7-3-4-8-17(15)21/h3-4,7-8,16,18H,5-6,9-14H2,1-2H3,(H2,22,23,24). The Morgan fingerprint density at radius 1 is 1.32 bits per heavy atom. The molecule has 25 heavy (non-hydrogen) atoms. The number of nitrogens with zero attached hydrogens (tertiary/aromatic N) is 1. The third-order valence-corrected chi connectivity index (χ3v) is 5.77. The third kappa shape index (κ3) is 4.51. The van der Waals surface area contributed by atoms with Crippen LogP contribution in [-0.2, 0) is 4.74 Å². The van der Waals surface area contributed by atoms with Crippen LogP contribution in [-0.4, -0.2) is 39.3 Å². The van der Waals surface area contributed by atoms with Crippen LogP contribution in [0.25, 0.3) is 0 Å². The molecule has 4 nitrogen and oxygen atoms in total. The molecule has 0 saturated heterocycles. The first-order valence-electron chi connectivity index (χ1n) is 9.38. The number of rotatable bonds is 7. The summed E-state index contributed by atoms with van der Waals surface area (Å²) in [7, 11) is 3.57. The number of aliphatic imine (C=N–C) groups is 1. The minimum atomic E-state index is -0.107. The maximum absolute atomic E-state index is 13.9. The highest BCUT2D eigenvalue weighted by atomic mass is 19.1. The van der Waals surface area contributed by atoms with Crippen molar-refractivity contribution in [2.75, 3.05) is 27.3 Å². The van der Waals surface area contributed by atoms with E-state index < -0.39 is 0 Å². The molecule has 2 N–H and O–H groups in total. The van der Waals surface area contributed by atoms with Crippen LogP contribution < -0.4 is 10.6 Å². The zero-order valence-electron chi connectivity index (χ0n) is 15.4. The van der Waals surface area contributed by atoms with E-state index in [1.807, 2.05) is 12.1 Å². The van der Waals surface area contributed by atoms with E-state index in [0.717, 1.165) is 37.5 Å². The van der Waals surface area contributed by atoms with E-state index in [9.17, 15) is 4.39 Å². The van der Waals surface area contributed by atoms with Gasteiger partial charge >= 0.3 is 0 Å². The number of benzene rings is 1. The van der Waals surface area contributed by atoms with Crippen molar-refractivity contribution >= 4 is 5.96 Å². The molecule has 0 heterocycles. The van der Waals surface area contributed by atoms with Crippen molar-refractivity contribution < 1.29 is 9.13 Å². The van der Waals surface area contributed by atoms with Gasteiger partial charge in [-0.15, -0.1) is 0 Å². The van der Waals surface area contributed by atoms with E-state index in [1.165, 1.54) is 31.7 Å². The van der Waals surface area contributed by atoms with Gasteiger partial charge in [0.15, 0.2) is 5.96 Å². The average molecular weight is 347 g/mol. The van der Waals surface area contributed by atoms with Gasteiger partial charge in [0.1, 0.15) is 5.82 Å². The fourth-order valence-electron chi connectivity index (χ4n) is 4.07. The Bertz CT molecular complexity index is 598. The van der Waals surface area contributed by atoms with Crippen molar-refractivity contribution in [3.8, 4) is 0 Å². The van der Waals surface area contributed by atoms with Crippen LogP contribution >= 0.6 is 0 Å². The topological polar surface area (TPSA) is 45.7 Å². The number of nitrogens with one attached hydrogen (secondary N) is 2. The Morgan fingerprint density at radius 2 is 2.08 bits per heavy atom. The molecule has 0 bridgehead atoms. The van der Waals surface area contributed by atoms with Crippen molar-refractivity contribution in [1.29, 1.82) is 0 Å². The van der Waals surface area contributed by atoms with Gasteiger partial charge in [-0.2, -0.15) is 0 Å². The molecule has 2 aliphatic carbocycles. The van der Waals surface area contributed by atoms with Crippen molar-refractivity contribution in [3.63, 3.8) is 0 Å². The summed E-state index contributed by atoms with van der Waals surface area (Å²) < 4.78 is 19.2. The van der Waals surface area contributed by atoms with Gasteiger partial charge in [0.25, 0.3) is 0 Å². The number of guanidine groups is 1. The first kappa shape index (κ1) is 18.2. The minimum Gasteiger partial charge on any atom is -0.385 e. The van der Waals surface area contributed by atoms with Gasteiger partial charge in [-0.05, 0) is 42.7 Å². The van der Waals surface area contributed by atoms with E-state index in [1.54, 1.807) is 20.2 Å². The normalized spacial score (nSPS) is 25.0. The monoisotopic (exact) mass is 347 g/mol. The van der Waals surface area contributed by atoms with Crippen LogP contribution in [0.3, 0.4) is 0 Å². The molecule has 0 aliphatic heterocycles. The second-order valence-electron chi connectivity index (χ2n) is 7.49. The molecule has 2 atom stereocenters. The second-order valence-corrected chi connectivity index (χ2v) is 7.49. The Kier molecular flexibility index (Phi) is 5.94. The Hall–Kier alpha value is -1.62. The summed E-state index contributed by atoms with van der Waals surface area (Å²) in [5, 5.41) is 6.96. The maximum Gasteiger partial charge on any atom is 0.191 e. The lowest BCUT2D eigenvalue weighted by Crippen LogP contribution is -2.44. The SMILES string of the molecule is CN=C(NCC1(CCOC)CCCC1)NC1CC1c1ccccc1F. The first-order valence-corrected chi connectivity index (χ1v) is 9.38. The molecule has 2 saturated carbocycles. The molecular weight excluding hydrogens is 317 g/mol. The van der Waals surface area contributed by atoms with Gasteiger partial charge in [0, 0.05) is 39.3 Å². The molecular formula is C20H30FN3O. The molecule has 2 unspecified atom stereocenters. The lowest BCUT2D eigenvalue weighted by Gasteiger charge is -2.30. The molecule has 5 heteroatoms. The van der Waals surface area contributed by atoms with E-state index in [-0.39, 0.29) is 17.8 Å². The van der Waals surface area contributed by atoms with Crippen LogP contribution in [0, 0.1) is 11.2 Å².